The number of aromatic nitrogens is 4. The molecule has 5 aromatic rings. The molecule has 9 heteroatoms. The zero-order valence-electron chi connectivity index (χ0n) is 20.9. The number of hydrogen-bond donors (Lipinski definition) is 4. The van der Waals surface area contributed by atoms with Crippen LogP contribution in [-0.4, -0.2) is 44.1 Å². The molecule has 192 valence electrons. The molecule has 3 aromatic heterocycles. The van der Waals surface area contributed by atoms with Gasteiger partial charge in [-0.3, -0.25) is 14.6 Å². The van der Waals surface area contributed by atoms with Gasteiger partial charge in [0.1, 0.15) is 11.4 Å². The summed E-state index contributed by atoms with van der Waals surface area (Å²) in [4.78, 5) is 42.6. The van der Waals surface area contributed by atoms with Crippen molar-refractivity contribution in [2.45, 2.75) is 25.8 Å². The quantitative estimate of drug-likeness (QED) is 0.256. The molecule has 0 spiro atoms. The third kappa shape index (κ3) is 4.36. The van der Waals surface area contributed by atoms with Crippen LogP contribution >= 0.6 is 0 Å². The molecular formula is C29H28N6O3. The van der Waals surface area contributed by atoms with Crippen LogP contribution in [0.1, 0.15) is 31.5 Å². The molecule has 6 rings (SSSR count). The Morgan fingerprint density at radius 1 is 1.05 bits per heavy atom. The summed E-state index contributed by atoms with van der Waals surface area (Å²) >= 11 is 0. The number of imidazole rings is 1. The van der Waals surface area contributed by atoms with E-state index >= 15 is 0 Å². The van der Waals surface area contributed by atoms with E-state index in [0.717, 1.165) is 33.3 Å². The second kappa shape index (κ2) is 9.66. The van der Waals surface area contributed by atoms with E-state index in [4.69, 9.17) is 4.98 Å². The molecule has 0 amide bonds. The summed E-state index contributed by atoms with van der Waals surface area (Å²) in [6.45, 7) is 3.39. The highest BCUT2D eigenvalue weighted by Gasteiger charge is 2.25. The Morgan fingerprint density at radius 2 is 1.84 bits per heavy atom. The minimum Gasteiger partial charge on any atom is -0.481 e. The van der Waals surface area contributed by atoms with E-state index in [9.17, 15) is 14.7 Å². The molecule has 1 atom stereocenters. The average molecular weight is 509 g/mol. The van der Waals surface area contributed by atoms with Gasteiger partial charge in [0.15, 0.2) is 0 Å². The standard InChI is InChI=1S/C29H28N6O3/c1-17(21-7-4-5-13-30-21)31-26-20-6-2-3-8-22(20)34-28(36)25(26)27-32-23-10-9-19(16-24(23)33-27)35-14-11-18(12-15-35)29(37)38/h2-10,13,16-18H,11-12,14-15H2,1H3,(H,32,33)(H,37,38)(H2,31,34,36). The number of rotatable bonds is 6. The molecule has 0 radical (unpaired) electrons. The van der Waals surface area contributed by atoms with Gasteiger partial charge in [-0.1, -0.05) is 24.3 Å². The van der Waals surface area contributed by atoms with E-state index < -0.39 is 5.97 Å². The van der Waals surface area contributed by atoms with Gasteiger partial charge in [-0.05, 0) is 56.2 Å². The number of anilines is 2. The van der Waals surface area contributed by atoms with E-state index in [-0.39, 0.29) is 17.5 Å². The zero-order chi connectivity index (χ0) is 26.2. The number of aromatic amines is 2. The molecule has 9 nitrogen and oxygen atoms in total. The van der Waals surface area contributed by atoms with Gasteiger partial charge in [-0.25, -0.2) is 4.98 Å². The number of carboxylic acid groups (broad SMARTS) is 1. The van der Waals surface area contributed by atoms with Crippen LogP contribution in [0.25, 0.3) is 33.3 Å². The topological polar surface area (TPSA) is 127 Å². The number of carboxylic acids is 1. The van der Waals surface area contributed by atoms with Crippen LogP contribution in [0, 0.1) is 5.92 Å². The molecule has 0 saturated carbocycles. The number of pyridine rings is 2. The third-order valence-corrected chi connectivity index (χ3v) is 7.33. The number of fused-ring (bicyclic) bond motifs is 2. The Hall–Kier alpha value is -4.66. The minimum atomic E-state index is -0.722. The van der Waals surface area contributed by atoms with Gasteiger partial charge < -0.3 is 25.3 Å². The fraction of sp³-hybridized carbons (Fsp3) is 0.241. The van der Waals surface area contributed by atoms with Gasteiger partial charge in [0.25, 0.3) is 5.56 Å². The Labute approximate surface area is 218 Å². The summed E-state index contributed by atoms with van der Waals surface area (Å²) in [5, 5.41) is 13.7. The first-order chi connectivity index (χ1) is 18.5. The number of para-hydroxylation sites is 1. The molecule has 1 aliphatic heterocycles. The number of carbonyl (C=O) groups is 1. The van der Waals surface area contributed by atoms with Gasteiger partial charge in [-0.2, -0.15) is 0 Å². The van der Waals surface area contributed by atoms with Crippen molar-refractivity contribution in [1.82, 2.24) is 19.9 Å². The van der Waals surface area contributed by atoms with Gasteiger partial charge in [0.2, 0.25) is 0 Å². The Morgan fingerprint density at radius 3 is 2.61 bits per heavy atom. The maximum absolute atomic E-state index is 13.4. The highest BCUT2D eigenvalue weighted by molar-refractivity contribution is 5.99. The van der Waals surface area contributed by atoms with Crippen molar-refractivity contribution in [3.63, 3.8) is 0 Å². The number of H-pyrrole nitrogens is 2. The molecule has 1 fully saturated rings. The first-order valence-corrected chi connectivity index (χ1v) is 12.8. The highest BCUT2D eigenvalue weighted by Crippen LogP contribution is 2.34. The van der Waals surface area contributed by atoms with Crippen LogP contribution in [0.3, 0.4) is 0 Å². The predicted molar refractivity (Wildman–Crippen MR) is 149 cm³/mol. The van der Waals surface area contributed by atoms with Gasteiger partial charge in [0.05, 0.1) is 39.9 Å². The zero-order valence-corrected chi connectivity index (χ0v) is 20.9. The molecule has 0 bridgehead atoms. The van der Waals surface area contributed by atoms with Crippen LogP contribution in [-0.2, 0) is 4.79 Å². The van der Waals surface area contributed by atoms with Crippen LogP contribution in [0.4, 0.5) is 11.4 Å². The molecule has 2 aromatic carbocycles. The fourth-order valence-corrected chi connectivity index (χ4v) is 5.24. The number of nitrogens with zero attached hydrogens (tertiary/aromatic N) is 3. The SMILES string of the molecule is CC(Nc1c(-c2nc3ccc(N4CCC(C(=O)O)CC4)cc3[nH]2)c(=O)[nH]c2ccccc12)c1ccccn1. The Bertz CT molecular complexity index is 1690. The summed E-state index contributed by atoms with van der Waals surface area (Å²) in [6.07, 6.45) is 3.00. The summed E-state index contributed by atoms with van der Waals surface area (Å²) in [5.74, 6) is -0.530. The van der Waals surface area contributed by atoms with E-state index in [1.807, 2.05) is 67.6 Å². The van der Waals surface area contributed by atoms with E-state index in [0.29, 0.717) is 43.0 Å². The van der Waals surface area contributed by atoms with Gasteiger partial charge in [-0.15, -0.1) is 0 Å². The van der Waals surface area contributed by atoms with E-state index in [1.165, 1.54) is 0 Å². The predicted octanol–water partition coefficient (Wildman–Crippen LogP) is 4.94. The van der Waals surface area contributed by atoms with E-state index in [2.05, 4.69) is 25.2 Å². The monoisotopic (exact) mass is 508 g/mol. The summed E-state index contributed by atoms with van der Waals surface area (Å²) in [5.41, 5.74) is 5.06. The number of benzene rings is 2. The fourth-order valence-electron chi connectivity index (χ4n) is 5.24. The smallest absolute Gasteiger partial charge is 0.306 e. The lowest BCUT2D eigenvalue weighted by atomic mass is 9.97. The average Bonchev–Trinajstić information content (AvgIpc) is 3.36. The Kier molecular flexibility index (Phi) is 6.03. The van der Waals surface area contributed by atoms with Gasteiger partial charge >= 0.3 is 5.97 Å². The molecule has 0 aliphatic carbocycles. The normalized spacial score (nSPS) is 15.1. The number of piperidine rings is 1. The lowest BCUT2D eigenvalue weighted by Crippen LogP contribution is -2.36. The van der Waals surface area contributed by atoms with Crippen LogP contribution < -0.4 is 15.8 Å². The van der Waals surface area contributed by atoms with Crippen LogP contribution in [0.15, 0.2) is 71.7 Å². The van der Waals surface area contributed by atoms with E-state index in [1.54, 1.807) is 6.20 Å². The first kappa shape index (κ1) is 23.7. The van der Waals surface area contributed by atoms with Crippen molar-refractivity contribution in [3.8, 4) is 11.4 Å². The number of hydrogen-bond acceptors (Lipinski definition) is 6. The molecule has 1 saturated heterocycles. The van der Waals surface area contributed by atoms with Gasteiger partial charge in [0, 0.05) is 30.4 Å². The molecule has 4 heterocycles. The number of nitrogens with one attached hydrogen (secondary N) is 3. The molecule has 4 N–H and O–H groups in total. The highest BCUT2D eigenvalue weighted by atomic mass is 16.4. The summed E-state index contributed by atoms with van der Waals surface area (Å²) in [7, 11) is 0. The second-order valence-corrected chi connectivity index (χ2v) is 9.76. The third-order valence-electron chi connectivity index (χ3n) is 7.33. The van der Waals surface area contributed by atoms with Crippen LogP contribution in [0.2, 0.25) is 0 Å². The Balaban J connectivity index is 1.40. The van der Waals surface area contributed by atoms with Crippen molar-refractivity contribution in [1.29, 1.82) is 0 Å². The van der Waals surface area contributed by atoms with Crippen molar-refractivity contribution >= 4 is 39.3 Å². The summed E-state index contributed by atoms with van der Waals surface area (Å²) < 4.78 is 0. The molecule has 38 heavy (non-hydrogen) atoms. The summed E-state index contributed by atoms with van der Waals surface area (Å²) in [6, 6.07) is 19.3. The maximum atomic E-state index is 13.4. The lowest BCUT2D eigenvalue weighted by molar-refractivity contribution is -0.142. The molecule has 1 aliphatic rings. The van der Waals surface area contributed by atoms with Crippen LogP contribution in [0.5, 0.6) is 0 Å². The van der Waals surface area contributed by atoms with Crippen molar-refractivity contribution in [2.24, 2.45) is 5.92 Å². The van der Waals surface area contributed by atoms with Crippen molar-refractivity contribution in [2.75, 3.05) is 23.3 Å². The first-order valence-electron chi connectivity index (χ1n) is 12.8. The van der Waals surface area contributed by atoms with Crippen molar-refractivity contribution < 1.29 is 9.90 Å². The largest absolute Gasteiger partial charge is 0.481 e. The van der Waals surface area contributed by atoms with Crippen molar-refractivity contribution in [3.05, 3.63) is 82.9 Å². The lowest BCUT2D eigenvalue weighted by Gasteiger charge is -2.31. The second-order valence-electron chi connectivity index (χ2n) is 9.76. The number of aliphatic carboxylic acids is 1. The molecular weight excluding hydrogens is 480 g/mol. The molecule has 1 unspecified atom stereocenters. The minimum absolute atomic E-state index is 0.148. The maximum Gasteiger partial charge on any atom is 0.306 e.